The summed E-state index contributed by atoms with van der Waals surface area (Å²) in [6.07, 6.45) is 7.60. The van der Waals surface area contributed by atoms with Gasteiger partial charge in [0.15, 0.2) is 0 Å². The molecular formula is C38H46N4. The van der Waals surface area contributed by atoms with E-state index in [2.05, 4.69) is 79.7 Å². The van der Waals surface area contributed by atoms with Crippen molar-refractivity contribution in [2.24, 2.45) is 29.6 Å². The van der Waals surface area contributed by atoms with Crippen LogP contribution in [0.15, 0.2) is 97.1 Å². The molecule has 4 nitrogen and oxygen atoms in total. The van der Waals surface area contributed by atoms with Gasteiger partial charge in [0, 0.05) is 34.6 Å². The molecule has 42 heavy (non-hydrogen) atoms. The molecule has 0 radical (unpaired) electrons. The molecule has 4 heteroatoms. The summed E-state index contributed by atoms with van der Waals surface area (Å²) >= 11 is 0. The standard InChI is InChI=1S/C38H46N4/c1-2-33-28-22-36(37(23-28)38(26-10-18-31(41)19-11-26)27-12-20-32(42)21-13-27)35(33)5-3-4-34(24-6-14-29(39)15-7-24)25-8-16-30(40)17-9-25/h6-21,28,33-38H,2-5,22-23,39-42H2,1H3. The lowest BCUT2D eigenvalue weighted by atomic mass is 9.64. The highest BCUT2D eigenvalue weighted by atomic mass is 14.6. The Balaban J connectivity index is 1.24. The lowest BCUT2D eigenvalue weighted by Crippen LogP contribution is -2.32. The monoisotopic (exact) mass is 558 g/mol. The number of fused-ring (bicyclic) bond motifs is 2. The van der Waals surface area contributed by atoms with Crippen molar-refractivity contribution in [3.63, 3.8) is 0 Å². The average molecular weight is 559 g/mol. The molecule has 5 unspecified atom stereocenters. The molecule has 2 aliphatic carbocycles. The molecule has 0 saturated heterocycles. The van der Waals surface area contributed by atoms with Crippen molar-refractivity contribution in [2.75, 3.05) is 22.9 Å². The maximum Gasteiger partial charge on any atom is 0.0314 e. The van der Waals surface area contributed by atoms with Crippen LogP contribution in [0.25, 0.3) is 0 Å². The minimum absolute atomic E-state index is 0.345. The van der Waals surface area contributed by atoms with Crippen LogP contribution in [0.2, 0.25) is 0 Å². The van der Waals surface area contributed by atoms with Crippen molar-refractivity contribution in [2.45, 2.75) is 57.3 Å². The molecule has 4 aromatic carbocycles. The maximum absolute atomic E-state index is 6.11. The van der Waals surface area contributed by atoms with Gasteiger partial charge in [-0.3, -0.25) is 0 Å². The molecule has 2 saturated carbocycles. The Labute approximate surface area is 251 Å². The van der Waals surface area contributed by atoms with Crippen molar-refractivity contribution in [1.82, 2.24) is 0 Å². The number of benzene rings is 4. The van der Waals surface area contributed by atoms with E-state index >= 15 is 0 Å². The van der Waals surface area contributed by atoms with Gasteiger partial charge in [0.25, 0.3) is 0 Å². The summed E-state index contributed by atoms with van der Waals surface area (Å²) in [6, 6.07) is 34.2. The number of nitrogen functional groups attached to an aromatic ring is 4. The van der Waals surface area contributed by atoms with E-state index in [4.69, 9.17) is 22.9 Å². The van der Waals surface area contributed by atoms with Crippen LogP contribution in [0.4, 0.5) is 22.7 Å². The Morgan fingerprint density at radius 2 is 1.00 bits per heavy atom. The van der Waals surface area contributed by atoms with E-state index in [0.717, 1.165) is 52.8 Å². The van der Waals surface area contributed by atoms with Crippen LogP contribution < -0.4 is 22.9 Å². The molecule has 2 bridgehead atoms. The van der Waals surface area contributed by atoms with E-state index in [-0.39, 0.29) is 0 Å². The molecule has 218 valence electrons. The Morgan fingerprint density at radius 1 is 0.571 bits per heavy atom. The van der Waals surface area contributed by atoms with Crippen LogP contribution in [-0.4, -0.2) is 0 Å². The predicted octanol–water partition coefficient (Wildman–Crippen LogP) is 8.45. The van der Waals surface area contributed by atoms with Crippen molar-refractivity contribution < 1.29 is 0 Å². The second-order valence-electron chi connectivity index (χ2n) is 12.9. The molecule has 0 heterocycles. The summed E-state index contributed by atoms with van der Waals surface area (Å²) < 4.78 is 0. The molecule has 0 aromatic heterocycles. The van der Waals surface area contributed by atoms with Crippen LogP contribution in [0.5, 0.6) is 0 Å². The molecule has 2 fully saturated rings. The largest absolute Gasteiger partial charge is 0.399 e. The summed E-state index contributed by atoms with van der Waals surface area (Å²) in [5.41, 5.74) is 33.0. The molecule has 4 aromatic rings. The number of hydrogen-bond acceptors (Lipinski definition) is 4. The average Bonchev–Trinajstić information content (AvgIpc) is 3.57. The molecule has 0 aliphatic heterocycles. The first kappa shape index (κ1) is 28.2. The molecule has 6 rings (SSSR count). The summed E-state index contributed by atoms with van der Waals surface area (Å²) in [7, 11) is 0. The molecule has 2 aliphatic rings. The van der Waals surface area contributed by atoms with Crippen LogP contribution in [-0.2, 0) is 0 Å². The minimum atomic E-state index is 0.345. The van der Waals surface area contributed by atoms with Crippen LogP contribution in [0.3, 0.4) is 0 Å². The van der Waals surface area contributed by atoms with E-state index in [1.807, 2.05) is 24.3 Å². The van der Waals surface area contributed by atoms with E-state index in [9.17, 15) is 0 Å². The van der Waals surface area contributed by atoms with E-state index in [0.29, 0.717) is 17.8 Å². The first-order valence-corrected chi connectivity index (χ1v) is 15.8. The molecule has 0 amide bonds. The van der Waals surface area contributed by atoms with E-state index < -0.39 is 0 Å². The topological polar surface area (TPSA) is 104 Å². The summed E-state index contributed by atoms with van der Waals surface area (Å²) in [4.78, 5) is 0. The Morgan fingerprint density at radius 3 is 1.43 bits per heavy atom. The fourth-order valence-corrected chi connectivity index (χ4v) is 8.74. The highest BCUT2D eigenvalue weighted by Crippen LogP contribution is 2.62. The Kier molecular flexibility index (Phi) is 8.15. The van der Waals surface area contributed by atoms with Gasteiger partial charge in [-0.1, -0.05) is 68.3 Å². The van der Waals surface area contributed by atoms with Crippen molar-refractivity contribution >= 4 is 22.7 Å². The fraction of sp³-hybridized carbons (Fsp3) is 0.368. The first-order chi connectivity index (χ1) is 20.4. The highest BCUT2D eigenvalue weighted by Gasteiger charge is 2.53. The summed E-state index contributed by atoms with van der Waals surface area (Å²) in [5.74, 6) is 4.52. The van der Waals surface area contributed by atoms with Crippen molar-refractivity contribution in [1.29, 1.82) is 0 Å². The van der Waals surface area contributed by atoms with Gasteiger partial charge < -0.3 is 22.9 Å². The van der Waals surface area contributed by atoms with E-state index in [1.54, 1.807) is 0 Å². The van der Waals surface area contributed by atoms with Gasteiger partial charge in [0.1, 0.15) is 0 Å². The predicted molar refractivity (Wildman–Crippen MR) is 178 cm³/mol. The molecule has 0 spiro atoms. The lowest BCUT2D eigenvalue weighted by molar-refractivity contribution is 0.134. The smallest absolute Gasteiger partial charge is 0.0314 e. The van der Waals surface area contributed by atoms with Crippen LogP contribution in [0.1, 0.15) is 79.5 Å². The molecular weight excluding hydrogens is 512 g/mol. The zero-order valence-corrected chi connectivity index (χ0v) is 24.8. The van der Waals surface area contributed by atoms with Gasteiger partial charge in [-0.05, 0) is 126 Å². The lowest BCUT2D eigenvalue weighted by Gasteiger charge is -2.40. The Bertz CT molecular complexity index is 1350. The van der Waals surface area contributed by atoms with Gasteiger partial charge in [0.05, 0.1) is 0 Å². The van der Waals surface area contributed by atoms with Gasteiger partial charge >= 0.3 is 0 Å². The third kappa shape index (κ3) is 5.72. The number of hydrogen-bond donors (Lipinski definition) is 4. The summed E-state index contributed by atoms with van der Waals surface area (Å²) in [6.45, 7) is 2.41. The van der Waals surface area contributed by atoms with E-state index in [1.165, 1.54) is 54.4 Å². The van der Waals surface area contributed by atoms with Crippen LogP contribution in [0, 0.1) is 29.6 Å². The van der Waals surface area contributed by atoms with Gasteiger partial charge in [-0.25, -0.2) is 0 Å². The highest BCUT2D eigenvalue weighted by molar-refractivity contribution is 5.47. The number of rotatable bonds is 10. The normalized spacial score (nSPS) is 23.2. The molecule has 5 atom stereocenters. The zero-order valence-electron chi connectivity index (χ0n) is 24.8. The second-order valence-corrected chi connectivity index (χ2v) is 12.9. The summed E-state index contributed by atoms with van der Waals surface area (Å²) in [5, 5.41) is 0. The third-order valence-electron chi connectivity index (χ3n) is 10.6. The van der Waals surface area contributed by atoms with Gasteiger partial charge in [0.2, 0.25) is 0 Å². The first-order valence-electron chi connectivity index (χ1n) is 15.8. The number of anilines is 4. The zero-order chi connectivity index (χ0) is 29.2. The SMILES string of the molecule is CCC1C2CC(C(c3ccc(N)cc3)c3ccc(N)cc3)C(C2)C1CCCC(c1ccc(N)cc1)c1ccc(N)cc1. The minimum Gasteiger partial charge on any atom is -0.399 e. The van der Waals surface area contributed by atoms with Crippen molar-refractivity contribution in [3.8, 4) is 0 Å². The van der Waals surface area contributed by atoms with Crippen LogP contribution >= 0.6 is 0 Å². The van der Waals surface area contributed by atoms with Crippen molar-refractivity contribution in [3.05, 3.63) is 119 Å². The van der Waals surface area contributed by atoms with Gasteiger partial charge in [-0.15, -0.1) is 0 Å². The quantitative estimate of drug-likeness (QED) is 0.147. The maximum atomic E-state index is 6.11. The Hall–Kier alpha value is -3.92. The van der Waals surface area contributed by atoms with Gasteiger partial charge in [-0.2, -0.15) is 0 Å². The number of nitrogens with two attached hydrogens (primary N) is 4. The second kappa shape index (κ2) is 12.1. The fourth-order valence-electron chi connectivity index (χ4n) is 8.74. The third-order valence-corrected chi connectivity index (χ3v) is 10.6. The molecule has 8 N–H and O–H groups in total.